The van der Waals surface area contributed by atoms with E-state index in [-0.39, 0.29) is 5.69 Å². The van der Waals surface area contributed by atoms with Gasteiger partial charge in [-0.3, -0.25) is 0 Å². The summed E-state index contributed by atoms with van der Waals surface area (Å²) >= 11 is 0. The highest BCUT2D eigenvalue weighted by atomic mass is 16.5. The zero-order chi connectivity index (χ0) is 21.8. The Labute approximate surface area is 182 Å². The number of nitrogens with one attached hydrogen (secondary N) is 2. The highest BCUT2D eigenvalue weighted by molar-refractivity contribution is 5.64. The summed E-state index contributed by atoms with van der Waals surface area (Å²) in [6.45, 7) is 8.36. The third-order valence-corrected chi connectivity index (χ3v) is 5.73. The van der Waals surface area contributed by atoms with Crippen molar-refractivity contribution >= 4 is 0 Å². The second-order valence-corrected chi connectivity index (χ2v) is 7.98. The van der Waals surface area contributed by atoms with Gasteiger partial charge in [-0.25, -0.2) is 14.5 Å². The normalized spacial score (nSPS) is 16.0. The molecule has 4 rings (SSSR count). The average molecular weight is 417 g/mol. The number of aromatic nitrogens is 3. The Morgan fingerprint density at radius 3 is 2.71 bits per heavy atom. The Bertz CT molecular complexity index is 1170. The van der Waals surface area contributed by atoms with Gasteiger partial charge in [0.1, 0.15) is 0 Å². The second-order valence-electron chi connectivity index (χ2n) is 7.98. The first-order chi connectivity index (χ1) is 15.1. The number of benzene rings is 2. The van der Waals surface area contributed by atoms with E-state index < -0.39 is 0 Å². The zero-order valence-electron chi connectivity index (χ0n) is 18.3. The van der Waals surface area contributed by atoms with Crippen molar-refractivity contribution in [1.29, 1.82) is 0 Å². The lowest BCUT2D eigenvalue weighted by Crippen LogP contribution is -2.42. The van der Waals surface area contributed by atoms with Gasteiger partial charge < -0.3 is 10.1 Å². The molecule has 1 saturated heterocycles. The summed E-state index contributed by atoms with van der Waals surface area (Å²) in [5.74, 6) is 6.70. The summed E-state index contributed by atoms with van der Waals surface area (Å²) in [5, 5.41) is 10.5. The van der Waals surface area contributed by atoms with E-state index in [1.54, 1.807) is 4.57 Å². The van der Waals surface area contributed by atoms with Crippen LogP contribution in [0.5, 0.6) is 0 Å². The Balaban J connectivity index is 1.67. The molecule has 2 heterocycles. The van der Waals surface area contributed by atoms with Crippen LogP contribution in [0.1, 0.15) is 29.2 Å². The molecule has 6 nitrogen and oxygen atoms in total. The number of ether oxygens (including phenoxy) is 1. The number of morpholine rings is 1. The van der Waals surface area contributed by atoms with E-state index in [4.69, 9.17) is 4.74 Å². The van der Waals surface area contributed by atoms with Crippen LogP contribution in [0.15, 0.2) is 41.2 Å². The highest BCUT2D eigenvalue weighted by Crippen LogP contribution is 2.26. The first-order valence-corrected chi connectivity index (χ1v) is 10.6. The van der Waals surface area contributed by atoms with Gasteiger partial charge in [-0.1, -0.05) is 24.1 Å². The van der Waals surface area contributed by atoms with Gasteiger partial charge in [-0.15, -0.1) is 5.92 Å². The molecule has 0 saturated carbocycles. The molecular weight excluding hydrogens is 388 g/mol. The first kappa shape index (κ1) is 21.1. The quantitative estimate of drug-likeness (QED) is 0.628. The van der Waals surface area contributed by atoms with Crippen LogP contribution in [0.25, 0.3) is 17.1 Å². The van der Waals surface area contributed by atoms with E-state index in [0.717, 1.165) is 48.6 Å². The Kier molecular flexibility index (Phi) is 6.36. The molecule has 1 fully saturated rings. The van der Waals surface area contributed by atoms with Crippen LogP contribution in [0.3, 0.4) is 0 Å². The number of rotatable bonds is 5. The maximum Gasteiger partial charge on any atom is 0.348 e. The fourth-order valence-corrected chi connectivity index (χ4v) is 4.05. The first-order valence-electron chi connectivity index (χ1n) is 10.6. The Morgan fingerprint density at radius 2 is 2.00 bits per heavy atom. The topological polar surface area (TPSA) is 71.9 Å². The molecule has 0 radical (unpaired) electrons. The van der Waals surface area contributed by atoms with Gasteiger partial charge in [0, 0.05) is 24.6 Å². The molecule has 1 aliphatic heterocycles. The van der Waals surface area contributed by atoms with Crippen LogP contribution in [-0.4, -0.2) is 40.6 Å². The molecular formula is C25H28N4O2. The van der Waals surface area contributed by atoms with E-state index in [1.165, 1.54) is 11.1 Å². The average Bonchev–Trinajstić information content (AvgIpc) is 3.15. The minimum Gasteiger partial charge on any atom is -0.379 e. The fraction of sp³-hybridized carbons (Fsp3) is 0.360. The Hall–Kier alpha value is -3.14. The molecule has 0 spiro atoms. The number of hydrogen-bond acceptors (Lipinski definition) is 4. The molecule has 0 aliphatic carbocycles. The number of hydrogen-bond donors (Lipinski definition) is 2. The van der Waals surface area contributed by atoms with Crippen molar-refractivity contribution in [2.45, 2.75) is 39.7 Å². The molecule has 0 bridgehead atoms. The van der Waals surface area contributed by atoms with E-state index in [9.17, 15) is 4.79 Å². The van der Waals surface area contributed by atoms with E-state index in [0.29, 0.717) is 18.3 Å². The molecule has 1 atom stereocenters. The molecule has 2 aromatic carbocycles. The lowest BCUT2D eigenvalue weighted by molar-refractivity contribution is 0.0770. The van der Waals surface area contributed by atoms with Crippen molar-refractivity contribution in [2.75, 3.05) is 19.8 Å². The Morgan fingerprint density at radius 1 is 1.19 bits per heavy atom. The third-order valence-electron chi connectivity index (χ3n) is 5.73. The molecule has 160 valence electrons. The fourth-order valence-electron chi connectivity index (χ4n) is 4.05. The van der Waals surface area contributed by atoms with Crippen molar-refractivity contribution < 1.29 is 4.74 Å². The van der Waals surface area contributed by atoms with Gasteiger partial charge in [-0.05, 0) is 67.6 Å². The summed E-state index contributed by atoms with van der Waals surface area (Å²) in [5.41, 5.74) is 6.10. The molecule has 1 aromatic heterocycles. The van der Waals surface area contributed by atoms with E-state index >= 15 is 0 Å². The van der Waals surface area contributed by atoms with Crippen molar-refractivity contribution in [3.8, 4) is 28.9 Å². The van der Waals surface area contributed by atoms with Crippen molar-refractivity contribution in [1.82, 2.24) is 20.1 Å². The largest absolute Gasteiger partial charge is 0.379 e. The molecule has 1 aliphatic rings. The monoisotopic (exact) mass is 416 g/mol. The number of H-pyrrole nitrogens is 1. The van der Waals surface area contributed by atoms with Gasteiger partial charge in [0.05, 0.1) is 18.9 Å². The van der Waals surface area contributed by atoms with E-state index in [1.807, 2.05) is 26.0 Å². The van der Waals surface area contributed by atoms with Crippen LogP contribution in [-0.2, 0) is 17.6 Å². The summed E-state index contributed by atoms with van der Waals surface area (Å²) in [4.78, 5) is 12.6. The number of aromatic amines is 1. The lowest BCUT2D eigenvalue weighted by atomic mass is 9.97. The zero-order valence-corrected chi connectivity index (χ0v) is 18.3. The summed E-state index contributed by atoms with van der Waals surface area (Å²) in [6, 6.07) is 12.7. The minimum atomic E-state index is -0.250. The predicted molar refractivity (Wildman–Crippen MR) is 123 cm³/mol. The molecule has 3 aromatic rings. The molecule has 31 heavy (non-hydrogen) atoms. The SMILES string of the molecule is CC#CCc1cc(-c2n[nH]c(=O)n2-c2ccc(CC3COCCN3)cc2)c(C)cc1C. The maximum absolute atomic E-state index is 12.6. The predicted octanol–water partition coefficient (Wildman–Crippen LogP) is 2.94. The smallest absolute Gasteiger partial charge is 0.348 e. The van der Waals surface area contributed by atoms with E-state index in [2.05, 4.69) is 58.5 Å². The highest BCUT2D eigenvalue weighted by Gasteiger charge is 2.17. The van der Waals surface area contributed by atoms with Crippen LogP contribution >= 0.6 is 0 Å². The molecule has 2 N–H and O–H groups in total. The lowest BCUT2D eigenvalue weighted by Gasteiger charge is -2.23. The van der Waals surface area contributed by atoms with Crippen molar-refractivity contribution in [2.24, 2.45) is 0 Å². The van der Waals surface area contributed by atoms with Crippen LogP contribution in [0.2, 0.25) is 0 Å². The summed E-state index contributed by atoms with van der Waals surface area (Å²) in [6.07, 6.45) is 1.57. The standard InChI is InChI=1S/C25H28N4O2/c1-4-5-6-20-15-23(18(3)13-17(20)2)24-27-28-25(30)29(24)22-9-7-19(8-10-22)14-21-16-31-12-11-26-21/h7-10,13,15,21,26H,6,11-12,14,16H2,1-3H3,(H,28,30). The third kappa shape index (κ3) is 4.63. The maximum atomic E-state index is 12.6. The van der Waals surface area contributed by atoms with Gasteiger partial charge in [0.25, 0.3) is 0 Å². The van der Waals surface area contributed by atoms with Gasteiger partial charge in [0.2, 0.25) is 0 Å². The van der Waals surface area contributed by atoms with Gasteiger partial charge >= 0.3 is 5.69 Å². The van der Waals surface area contributed by atoms with Crippen molar-refractivity contribution in [3.05, 3.63) is 69.1 Å². The van der Waals surface area contributed by atoms with Crippen molar-refractivity contribution in [3.63, 3.8) is 0 Å². The van der Waals surface area contributed by atoms with Crippen LogP contribution in [0.4, 0.5) is 0 Å². The number of nitrogens with zero attached hydrogens (tertiary/aromatic N) is 2. The second kappa shape index (κ2) is 9.34. The summed E-state index contributed by atoms with van der Waals surface area (Å²) in [7, 11) is 0. The minimum absolute atomic E-state index is 0.250. The number of aryl methyl sites for hydroxylation is 2. The summed E-state index contributed by atoms with van der Waals surface area (Å²) < 4.78 is 7.18. The van der Waals surface area contributed by atoms with Crippen LogP contribution in [0, 0.1) is 25.7 Å². The molecule has 6 heteroatoms. The van der Waals surface area contributed by atoms with Gasteiger partial charge in [0.15, 0.2) is 5.82 Å². The molecule has 1 unspecified atom stereocenters. The molecule has 0 amide bonds. The van der Waals surface area contributed by atoms with Gasteiger partial charge in [-0.2, -0.15) is 5.10 Å². The van der Waals surface area contributed by atoms with Crippen LogP contribution < -0.4 is 11.0 Å².